The number of guanidine groups is 1. The zero-order valence-electron chi connectivity index (χ0n) is 15.7. The van der Waals surface area contributed by atoms with Crippen LogP contribution in [-0.4, -0.2) is 43.6 Å². The van der Waals surface area contributed by atoms with Crippen molar-refractivity contribution < 1.29 is 13.2 Å². The van der Waals surface area contributed by atoms with Crippen molar-refractivity contribution in [1.29, 1.82) is 0 Å². The molecule has 0 spiro atoms. The van der Waals surface area contributed by atoms with Crippen molar-refractivity contribution in [2.24, 2.45) is 10.9 Å². The summed E-state index contributed by atoms with van der Waals surface area (Å²) in [6.07, 6.45) is -1.94. The maximum Gasteiger partial charge on any atom is 0.416 e. The van der Waals surface area contributed by atoms with Crippen molar-refractivity contribution in [3.8, 4) is 0 Å². The van der Waals surface area contributed by atoms with Gasteiger partial charge in [-0.1, -0.05) is 12.1 Å². The Kier molecular flexibility index (Phi) is 7.32. The molecule has 0 aliphatic carbocycles. The van der Waals surface area contributed by atoms with E-state index in [9.17, 15) is 13.2 Å². The lowest BCUT2D eigenvalue weighted by Crippen LogP contribution is -2.45. The van der Waals surface area contributed by atoms with Crippen LogP contribution in [0.3, 0.4) is 0 Å². The lowest BCUT2D eigenvalue weighted by molar-refractivity contribution is -0.137. The maximum absolute atomic E-state index is 12.8. The van der Waals surface area contributed by atoms with Gasteiger partial charge in [0.1, 0.15) is 0 Å². The summed E-state index contributed by atoms with van der Waals surface area (Å²) in [7, 11) is 1.67. The fourth-order valence-corrected chi connectivity index (χ4v) is 3.24. The van der Waals surface area contributed by atoms with E-state index in [2.05, 4.69) is 34.4 Å². The van der Waals surface area contributed by atoms with Gasteiger partial charge in [-0.25, -0.2) is 0 Å². The molecule has 1 saturated heterocycles. The first-order valence-corrected chi connectivity index (χ1v) is 9.14. The van der Waals surface area contributed by atoms with Gasteiger partial charge in [0, 0.05) is 32.7 Å². The molecule has 1 heterocycles. The third-order valence-corrected chi connectivity index (χ3v) is 4.78. The molecule has 1 aliphatic rings. The molecule has 2 N–H and O–H groups in total. The molecule has 1 aromatic rings. The van der Waals surface area contributed by atoms with Crippen molar-refractivity contribution in [2.75, 3.05) is 26.7 Å². The second-order valence-electron chi connectivity index (χ2n) is 7.10. The van der Waals surface area contributed by atoms with Crippen LogP contribution in [0.4, 0.5) is 13.2 Å². The third-order valence-electron chi connectivity index (χ3n) is 4.78. The van der Waals surface area contributed by atoms with Crippen LogP contribution >= 0.6 is 0 Å². The fourth-order valence-electron chi connectivity index (χ4n) is 3.24. The van der Waals surface area contributed by atoms with Crippen LogP contribution in [-0.2, 0) is 12.7 Å². The molecule has 0 saturated carbocycles. The van der Waals surface area contributed by atoms with Crippen LogP contribution in [0.2, 0.25) is 0 Å². The second-order valence-corrected chi connectivity index (χ2v) is 7.10. The molecule has 1 fully saturated rings. The molecule has 26 heavy (non-hydrogen) atoms. The third kappa shape index (κ3) is 6.20. The number of rotatable bonds is 5. The maximum atomic E-state index is 12.8. The average molecular weight is 370 g/mol. The van der Waals surface area contributed by atoms with Crippen LogP contribution in [0.1, 0.15) is 37.8 Å². The van der Waals surface area contributed by atoms with Crippen molar-refractivity contribution >= 4 is 5.96 Å². The largest absolute Gasteiger partial charge is 0.416 e. The average Bonchev–Trinajstić information content (AvgIpc) is 2.61. The standard InChI is InChI=1S/C19H29F3N4/c1-14(2)26-9-5-7-16(13-26)12-25-18(23-3)24-11-15-6-4-8-17(10-15)19(20,21)22/h4,6,8,10,14,16H,5,7,9,11-13H2,1-3H3,(H2,23,24,25). The van der Waals surface area contributed by atoms with E-state index in [1.54, 1.807) is 13.1 Å². The van der Waals surface area contributed by atoms with Gasteiger partial charge in [-0.05, 0) is 56.8 Å². The molecule has 146 valence electrons. The Hall–Kier alpha value is -1.76. The lowest BCUT2D eigenvalue weighted by Gasteiger charge is -2.35. The number of likely N-dealkylation sites (tertiary alicyclic amines) is 1. The summed E-state index contributed by atoms with van der Waals surface area (Å²) in [4.78, 5) is 6.65. The first kappa shape index (κ1) is 20.6. The Morgan fingerprint density at radius 1 is 1.31 bits per heavy atom. The highest BCUT2D eigenvalue weighted by atomic mass is 19.4. The minimum Gasteiger partial charge on any atom is -0.356 e. The van der Waals surface area contributed by atoms with E-state index >= 15 is 0 Å². The first-order valence-electron chi connectivity index (χ1n) is 9.14. The van der Waals surface area contributed by atoms with Crippen LogP contribution in [0, 0.1) is 5.92 Å². The van der Waals surface area contributed by atoms with Gasteiger partial charge in [0.25, 0.3) is 0 Å². The number of nitrogens with one attached hydrogen (secondary N) is 2. The molecule has 1 atom stereocenters. The number of hydrogen-bond acceptors (Lipinski definition) is 2. The monoisotopic (exact) mass is 370 g/mol. The summed E-state index contributed by atoms with van der Waals surface area (Å²) in [5, 5.41) is 6.40. The Balaban J connectivity index is 1.83. The summed E-state index contributed by atoms with van der Waals surface area (Å²) < 4.78 is 38.4. The van der Waals surface area contributed by atoms with Gasteiger partial charge in [0.2, 0.25) is 0 Å². The van der Waals surface area contributed by atoms with Gasteiger partial charge in [-0.2, -0.15) is 13.2 Å². The lowest BCUT2D eigenvalue weighted by atomic mass is 9.97. The Morgan fingerprint density at radius 3 is 2.73 bits per heavy atom. The number of piperidine rings is 1. The van der Waals surface area contributed by atoms with Crippen molar-refractivity contribution in [3.63, 3.8) is 0 Å². The second kappa shape index (κ2) is 9.26. The van der Waals surface area contributed by atoms with E-state index in [4.69, 9.17) is 0 Å². The van der Waals surface area contributed by atoms with Crippen molar-refractivity contribution in [3.05, 3.63) is 35.4 Å². The Bertz CT molecular complexity index is 599. The van der Waals surface area contributed by atoms with E-state index < -0.39 is 11.7 Å². The highest BCUT2D eigenvalue weighted by molar-refractivity contribution is 5.79. The number of benzene rings is 1. The van der Waals surface area contributed by atoms with Crippen molar-refractivity contribution in [1.82, 2.24) is 15.5 Å². The van der Waals surface area contributed by atoms with Gasteiger partial charge < -0.3 is 15.5 Å². The smallest absolute Gasteiger partial charge is 0.356 e. The summed E-state index contributed by atoms with van der Waals surface area (Å²) in [6, 6.07) is 5.91. The molecule has 1 aliphatic heterocycles. The quantitative estimate of drug-likeness (QED) is 0.616. The first-order chi connectivity index (χ1) is 12.3. The van der Waals surface area contributed by atoms with E-state index in [0.717, 1.165) is 25.7 Å². The van der Waals surface area contributed by atoms with Crippen molar-refractivity contribution in [2.45, 2.75) is 45.5 Å². The van der Waals surface area contributed by atoms with Gasteiger partial charge in [-0.15, -0.1) is 0 Å². The molecule has 0 radical (unpaired) electrons. The predicted molar refractivity (Wildman–Crippen MR) is 99.1 cm³/mol. The number of hydrogen-bond donors (Lipinski definition) is 2. The number of aliphatic imine (C=N–C) groups is 1. The SMILES string of the molecule is CN=C(NCc1cccc(C(F)(F)F)c1)NCC1CCCN(C(C)C)C1. The molecule has 7 heteroatoms. The molecular weight excluding hydrogens is 341 g/mol. The molecule has 4 nitrogen and oxygen atoms in total. The molecule has 1 unspecified atom stereocenters. The molecular formula is C19H29F3N4. The number of nitrogens with zero attached hydrogens (tertiary/aromatic N) is 2. The molecule has 0 amide bonds. The van der Waals surface area contributed by atoms with E-state index in [1.807, 2.05) is 0 Å². The van der Waals surface area contributed by atoms with Gasteiger partial charge in [-0.3, -0.25) is 4.99 Å². The zero-order valence-corrected chi connectivity index (χ0v) is 15.7. The van der Waals surface area contributed by atoms with Gasteiger partial charge in [0.15, 0.2) is 5.96 Å². The van der Waals surface area contributed by atoms with Crippen LogP contribution < -0.4 is 10.6 Å². The predicted octanol–water partition coefficient (Wildman–Crippen LogP) is 3.49. The normalized spacial score (nSPS) is 19.7. The number of alkyl halides is 3. The highest BCUT2D eigenvalue weighted by Gasteiger charge is 2.30. The fraction of sp³-hybridized carbons (Fsp3) is 0.632. The van der Waals surface area contributed by atoms with Crippen LogP contribution in [0.5, 0.6) is 0 Å². The zero-order chi connectivity index (χ0) is 19.2. The van der Waals surface area contributed by atoms with E-state index in [-0.39, 0.29) is 0 Å². The van der Waals surface area contributed by atoms with Gasteiger partial charge in [0.05, 0.1) is 5.56 Å². The summed E-state index contributed by atoms with van der Waals surface area (Å²) in [5.41, 5.74) is -0.0536. The van der Waals surface area contributed by atoms with Crippen LogP contribution in [0.25, 0.3) is 0 Å². The number of halogens is 3. The summed E-state index contributed by atoms with van der Waals surface area (Å²) in [5.74, 6) is 1.17. The Labute approximate surface area is 153 Å². The summed E-state index contributed by atoms with van der Waals surface area (Å²) >= 11 is 0. The minimum absolute atomic E-state index is 0.298. The molecule has 2 rings (SSSR count). The van der Waals surface area contributed by atoms with E-state index in [0.29, 0.717) is 30.0 Å². The highest BCUT2D eigenvalue weighted by Crippen LogP contribution is 2.29. The van der Waals surface area contributed by atoms with Gasteiger partial charge >= 0.3 is 6.18 Å². The minimum atomic E-state index is -4.32. The van der Waals surface area contributed by atoms with E-state index in [1.165, 1.54) is 25.0 Å². The Morgan fingerprint density at radius 2 is 2.08 bits per heavy atom. The molecule has 1 aromatic carbocycles. The molecule has 0 bridgehead atoms. The summed E-state index contributed by atoms with van der Waals surface area (Å²) in [6.45, 7) is 7.75. The molecule has 0 aromatic heterocycles. The topological polar surface area (TPSA) is 39.7 Å². The van der Waals surface area contributed by atoms with Crippen LogP contribution in [0.15, 0.2) is 29.3 Å².